The van der Waals surface area contributed by atoms with Crippen LogP contribution in [-0.2, 0) is 11.2 Å². The third kappa shape index (κ3) is 3.95. The lowest BCUT2D eigenvalue weighted by Gasteiger charge is -2.08. The van der Waals surface area contributed by atoms with Gasteiger partial charge in [-0.25, -0.2) is 0 Å². The number of nitrogens with zero attached hydrogens (tertiary/aromatic N) is 2. The largest absolute Gasteiger partial charge is 0.382 e. The van der Waals surface area contributed by atoms with Gasteiger partial charge in [0.15, 0.2) is 0 Å². The van der Waals surface area contributed by atoms with Crippen molar-refractivity contribution in [2.75, 3.05) is 19.4 Å². The summed E-state index contributed by atoms with van der Waals surface area (Å²) in [5.41, 5.74) is 1.98. The van der Waals surface area contributed by atoms with Crippen LogP contribution < -0.4 is 5.32 Å². The predicted molar refractivity (Wildman–Crippen MR) is 71.8 cm³/mol. The number of hydrogen-bond acceptors (Lipinski definition) is 3. The molecular weight excluding hydrogens is 226 g/mol. The Kier molecular flexibility index (Phi) is 4.94. The predicted octanol–water partition coefficient (Wildman–Crippen LogP) is 2.16. The number of aryl methyl sites for hydroxylation is 1. The smallest absolute Gasteiger partial charge is 0.267 e. The minimum Gasteiger partial charge on any atom is -0.382 e. The van der Waals surface area contributed by atoms with Crippen molar-refractivity contribution in [2.45, 2.75) is 13.3 Å². The van der Waals surface area contributed by atoms with Crippen LogP contribution in [0.3, 0.4) is 0 Å². The lowest BCUT2D eigenvalue weighted by Crippen LogP contribution is -2.16. The van der Waals surface area contributed by atoms with Crippen molar-refractivity contribution in [1.29, 1.82) is 5.26 Å². The molecule has 1 aromatic carbocycles. The molecule has 1 aromatic rings. The molecule has 1 rings (SSSR count). The number of benzene rings is 1. The molecule has 0 saturated carbocycles. The summed E-state index contributed by atoms with van der Waals surface area (Å²) < 4.78 is 0. The van der Waals surface area contributed by atoms with Gasteiger partial charge in [-0.3, -0.25) is 4.79 Å². The lowest BCUT2D eigenvalue weighted by molar-refractivity contribution is -0.112. The normalized spacial score (nSPS) is 10.7. The van der Waals surface area contributed by atoms with E-state index in [1.165, 1.54) is 11.8 Å². The molecular formula is C14H17N3O. The highest BCUT2D eigenvalue weighted by Gasteiger charge is 2.09. The van der Waals surface area contributed by atoms with Crippen molar-refractivity contribution in [3.05, 3.63) is 41.6 Å². The topological polar surface area (TPSA) is 56.1 Å². The van der Waals surface area contributed by atoms with E-state index in [1.807, 2.05) is 30.3 Å². The van der Waals surface area contributed by atoms with E-state index in [0.29, 0.717) is 5.69 Å². The Morgan fingerprint density at radius 1 is 1.39 bits per heavy atom. The summed E-state index contributed by atoms with van der Waals surface area (Å²) in [7, 11) is 3.53. The van der Waals surface area contributed by atoms with Gasteiger partial charge in [0.05, 0.1) is 0 Å². The van der Waals surface area contributed by atoms with Crippen LogP contribution >= 0.6 is 0 Å². The molecule has 1 N–H and O–H groups in total. The molecule has 0 spiro atoms. The number of amides is 1. The van der Waals surface area contributed by atoms with Crippen molar-refractivity contribution in [3.8, 4) is 6.07 Å². The zero-order valence-corrected chi connectivity index (χ0v) is 10.9. The molecule has 0 aromatic heterocycles. The Labute approximate surface area is 108 Å². The second-order valence-electron chi connectivity index (χ2n) is 4.12. The molecule has 18 heavy (non-hydrogen) atoms. The van der Waals surface area contributed by atoms with E-state index in [0.717, 1.165) is 6.42 Å². The van der Waals surface area contributed by atoms with Crippen LogP contribution in [-0.4, -0.2) is 24.9 Å². The van der Waals surface area contributed by atoms with Gasteiger partial charge in [0.1, 0.15) is 11.6 Å². The van der Waals surface area contributed by atoms with Gasteiger partial charge in [-0.05, 0) is 24.1 Å². The Morgan fingerprint density at radius 3 is 2.44 bits per heavy atom. The summed E-state index contributed by atoms with van der Waals surface area (Å²) >= 11 is 0. The van der Waals surface area contributed by atoms with E-state index >= 15 is 0 Å². The maximum absolute atomic E-state index is 11.8. The number of nitriles is 1. The molecule has 1 amide bonds. The Morgan fingerprint density at radius 2 is 2.00 bits per heavy atom. The SMILES string of the molecule is CCc1ccc(NC(=O)C(C#N)=CN(C)C)cc1. The number of carbonyl (C=O) groups excluding carboxylic acids is 1. The Bertz CT molecular complexity index is 481. The van der Waals surface area contributed by atoms with Gasteiger partial charge >= 0.3 is 0 Å². The fourth-order valence-corrected chi connectivity index (χ4v) is 1.42. The van der Waals surface area contributed by atoms with Crippen LogP contribution in [0.1, 0.15) is 12.5 Å². The number of nitrogens with one attached hydrogen (secondary N) is 1. The minimum absolute atomic E-state index is 0.0829. The van der Waals surface area contributed by atoms with Gasteiger partial charge in [-0.15, -0.1) is 0 Å². The van der Waals surface area contributed by atoms with Gasteiger partial charge in [0.2, 0.25) is 0 Å². The summed E-state index contributed by atoms with van der Waals surface area (Å²) in [6.07, 6.45) is 2.45. The second kappa shape index (κ2) is 6.45. The first kappa shape index (κ1) is 13.8. The zero-order chi connectivity index (χ0) is 13.5. The second-order valence-corrected chi connectivity index (χ2v) is 4.12. The molecule has 0 fully saturated rings. The fraction of sp³-hybridized carbons (Fsp3) is 0.286. The van der Waals surface area contributed by atoms with E-state index in [-0.39, 0.29) is 5.57 Å². The van der Waals surface area contributed by atoms with E-state index in [1.54, 1.807) is 19.0 Å². The quantitative estimate of drug-likeness (QED) is 0.651. The van der Waals surface area contributed by atoms with Gasteiger partial charge in [-0.2, -0.15) is 5.26 Å². The summed E-state index contributed by atoms with van der Waals surface area (Å²) in [5, 5.41) is 11.6. The highest BCUT2D eigenvalue weighted by molar-refractivity contribution is 6.06. The molecule has 4 heteroatoms. The Balaban J connectivity index is 2.77. The van der Waals surface area contributed by atoms with Gasteiger partial charge < -0.3 is 10.2 Å². The lowest BCUT2D eigenvalue weighted by atomic mass is 10.1. The van der Waals surface area contributed by atoms with Gasteiger partial charge in [0, 0.05) is 26.0 Å². The molecule has 0 aliphatic rings. The molecule has 0 aliphatic carbocycles. The van der Waals surface area contributed by atoms with E-state index in [4.69, 9.17) is 5.26 Å². The standard InChI is InChI=1S/C14H17N3O/c1-4-11-5-7-13(8-6-11)16-14(18)12(9-15)10-17(2)3/h5-8,10H,4H2,1-3H3,(H,16,18). The first-order valence-corrected chi connectivity index (χ1v) is 5.75. The van der Waals surface area contributed by atoms with Crippen LogP contribution in [0.4, 0.5) is 5.69 Å². The summed E-state index contributed by atoms with van der Waals surface area (Å²) in [5.74, 6) is -0.393. The maximum atomic E-state index is 11.8. The third-order valence-corrected chi connectivity index (χ3v) is 2.37. The van der Waals surface area contributed by atoms with Crippen LogP contribution in [0.2, 0.25) is 0 Å². The Hall–Kier alpha value is -2.28. The van der Waals surface area contributed by atoms with Crippen molar-refractivity contribution in [1.82, 2.24) is 4.90 Å². The van der Waals surface area contributed by atoms with Crippen molar-refractivity contribution in [3.63, 3.8) is 0 Å². The van der Waals surface area contributed by atoms with Crippen LogP contribution in [0.15, 0.2) is 36.0 Å². The number of rotatable bonds is 4. The van der Waals surface area contributed by atoms with Crippen molar-refractivity contribution < 1.29 is 4.79 Å². The van der Waals surface area contributed by atoms with E-state index < -0.39 is 5.91 Å². The first-order chi connectivity index (χ1) is 8.56. The van der Waals surface area contributed by atoms with Gasteiger partial charge in [-0.1, -0.05) is 19.1 Å². The molecule has 0 unspecified atom stereocenters. The highest BCUT2D eigenvalue weighted by atomic mass is 16.1. The van der Waals surface area contributed by atoms with E-state index in [2.05, 4.69) is 12.2 Å². The average molecular weight is 243 g/mol. The fourth-order valence-electron chi connectivity index (χ4n) is 1.42. The van der Waals surface area contributed by atoms with E-state index in [9.17, 15) is 4.79 Å². The average Bonchev–Trinajstić information content (AvgIpc) is 2.36. The number of carbonyl (C=O) groups is 1. The summed E-state index contributed by atoms with van der Waals surface area (Å²) in [4.78, 5) is 13.5. The molecule has 94 valence electrons. The van der Waals surface area contributed by atoms with Crippen LogP contribution in [0.25, 0.3) is 0 Å². The molecule has 0 aliphatic heterocycles. The molecule has 0 atom stereocenters. The molecule has 0 heterocycles. The minimum atomic E-state index is -0.393. The molecule has 0 bridgehead atoms. The third-order valence-electron chi connectivity index (χ3n) is 2.37. The monoisotopic (exact) mass is 243 g/mol. The first-order valence-electron chi connectivity index (χ1n) is 5.75. The van der Waals surface area contributed by atoms with Crippen LogP contribution in [0, 0.1) is 11.3 Å². The maximum Gasteiger partial charge on any atom is 0.267 e. The number of hydrogen-bond donors (Lipinski definition) is 1. The molecule has 0 saturated heterocycles. The van der Waals surface area contributed by atoms with Crippen LogP contribution in [0.5, 0.6) is 0 Å². The summed E-state index contributed by atoms with van der Waals surface area (Å²) in [6.45, 7) is 2.07. The number of anilines is 1. The zero-order valence-electron chi connectivity index (χ0n) is 10.9. The van der Waals surface area contributed by atoms with Gasteiger partial charge in [0.25, 0.3) is 5.91 Å². The van der Waals surface area contributed by atoms with Crippen molar-refractivity contribution in [2.24, 2.45) is 0 Å². The summed E-state index contributed by atoms with van der Waals surface area (Å²) in [6, 6.07) is 9.46. The van der Waals surface area contributed by atoms with Crippen molar-refractivity contribution >= 4 is 11.6 Å². The molecule has 0 radical (unpaired) electrons. The molecule has 4 nitrogen and oxygen atoms in total. The highest BCUT2D eigenvalue weighted by Crippen LogP contribution is 2.11.